The minimum atomic E-state index is -0.669. The normalized spacial score (nSPS) is 18.0. The van der Waals surface area contributed by atoms with E-state index in [1.807, 2.05) is 48.7 Å². The van der Waals surface area contributed by atoms with Crippen LogP contribution in [0.15, 0.2) is 54.3 Å². The SMILES string of the molecule is CN(C)C(=O)[C@H](NC(=O)C/C=C\C(=C\OCC1CC1)C1CC1)c1ccccc1. The summed E-state index contributed by atoms with van der Waals surface area (Å²) in [6, 6.07) is 8.66. The number of allylic oxidation sites excluding steroid dienone is 2. The number of rotatable bonds is 10. The van der Waals surface area contributed by atoms with Crippen LogP contribution in [-0.4, -0.2) is 37.4 Å². The molecule has 5 nitrogen and oxygen atoms in total. The predicted octanol–water partition coefficient (Wildman–Crippen LogP) is 3.60. The molecule has 2 fully saturated rings. The van der Waals surface area contributed by atoms with Crippen molar-refractivity contribution in [1.82, 2.24) is 10.2 Å². The van der Waals surface area contributed by atoms with E-state index < -0.39 is 6.04 Å². The molecule has 0 aromatic heterocycles. The van der Waals surface area contributed by atoms with E-state index in [1.54, 1.807) is 14.1 Å². The molecule has 1 N–H and O–H groups in total. The molecule has 3 rings (SSSR count). The van der Waals surface area contributed by atoms with E-state index in [2.05, 4.69) is 5.32 Å². The van der Waals surface area contributed by atoms with E-state index in [9.17, 15) is 9.59 Å². The van der Waals surface area contributed by atoms with Crippen molar-refractivity contribution >= 4 is 11.8 Å². The van der Waals surface area contributed by atoms with Gasteiger partial charge in [0.15, 0.2) is 0 Å². The second-order valence-corrected chi connectivity index (χ2v) is 7.92. The number of amides is 2. The third-order valence-electron chi connectivity index (χ3n) is 5.04. The van der Waals surface area contributed by atoms with E-state index in [-0.39, 0.29) is 18.2 Å². The Morgan fingerprint density at radius 3 is 2.50 bits per heavy atom. The molecule has 0 unspecified atom stereocenters. The summed E-state index contributed by atoms with van der Waals surface area (Å²) in [6.45, 7) is 0.802. The van der Waals surface area contributed by atoms with Gasteiger partial charge in [-0.15, -0.1) is 0 Å². The smallest absolute Gasteiger partial charge is 0.249 e. The van der Waals surface area contributed by atoms with Crippen LogP contribution in [0.4, 0.5) is 0 Å². The Kier molecular flexibility index (Phi) is 6.90. The minimum Gasteiger partial charge on any atom is -0.501 e. The lowest BCUT2D eigenvalue weighted by Crippen LogP contribution is -2.39. The highest BCUT2D eigenvalue weighted by Gasteiger charge is 2.26. The fourth-order valence-electron chi connectivity index (χ4n) is 2.97. The standard InChI is InChI=1S/C23H30N2O3/c1-25(2)23(27)22(19-7-4-3-5-8-19)24-21(26)10-6-9-20(18-13-14-18)16-28-15-17-11-12-17/h3-9,16-18,22H,10-15H2,1-2H3,(H,24,26)/b9-6-,20-16-/t22-/m1/s1. The first-order valence-corrected chi connectivity index (χ1v) is 10.1. The first-order chi connectivity index (χ1) is 13.5. The number of ether oxygens (including phenoxy) is 1. The molecule has 5 heteroatoms. The third-order valence-corrected chi connectivity index (χ3v) is 5.04. The van der Waals surface area contributed by atoms with Crippen LogP contribution in [0.5, 0.6) is 0 Å². The highest BCUT2D eigenvalue weighted by Crippen LogP contribution is 2.37. The first kappa shape index (κ1) is 20.2. The molecule has 0 heterocycles. The van der Waals surface area contributed by atoms with Crippen LogP contribution in [0.3, 0.4) is 0 Å². The first-order valence-electron chi connectivity index (χ1n) is 10.1. The van der Waals surface area contributed by atoms with E-state index in [0.717, 1.165) is 23.7 Å². The van der Waals surface area contributed by atoms with Crippen molar-refractivity contribution in [3.8, 4) is 0 Å². The zero-order valence-electron chi connectivity index (χ0n) is 16.8. The number of carbonyl (C=O) groups is 2. The van der Waals surface area contributed by atoms with Crippen molar-refractivity contribution in [2.24, 2.45) is 11.8 Å². The van der Waals surface area contributed by atoms with Gasteiger partial charge in [-0.1, -0.05) is 42.5 Å². The fraction of sp³-hybridized carbons (Fsp3) is 0.478. The summed E-state index contributed by atoms with van der Waals surface area (Å²) in [4.78, 5) is 26.5. The van der Waals surface area contributed by atoms with Crippen molar-refractivity contribution in [2.45, 2.75) is 38.1 Å². The summed E-state index contributed by atoms with van der Waals surface area (Å²) in [5.74, 6) is 0.978. The Hall–Kier alpha value is -2.56. The monoisotopic (exact) mass is 382 g/mol. The van der Waals surface area contributed by atoms with Crippen molar-refractivity contribution in [3.63, 3.8) is 0 Å². The number of benzene rings is 1. The summed E-state index contributed by atoms with van der Waals surface area (Å²) in [6.07, 6.45) is 10.9. The number of carbonyl (C=O) groups excluding carboxylic acids is 2. The fourth-order valence-corrected chi connectivity index (χ4v) is 2.97. The summed E-state index contributed by atoms with van der Waals surface area (Å²) in [5.41, 5.74) is 1.95. The van der Waals surface area contributed by atoms with Gasteiger partial charge in [-0.05, 0) is 48.7 Å². The zero-order chi connectivity index (χ0) is 19.9. The molecule has 2 amide bonds. The van der Waals surface area contributed by atoms with Crippen molar-refractivity contribution in [2.75, 3.05) is 20.7 Å². The van der Waals surface area contributed by atoms with Crippen LogP contribution in [0, 0.1) is 11.8 Å². The minimum absolute atomic E-state index is 0.143. The highest BCUT2D eigenvalue weighted by atomic mass is 16.5. The van der Waals surface area contributed by atoms with Gasteiger partial charge in [-0.2, -0.15) is 0 Å². The van der Waals surface area contributed by atoms with Crippen LogP contribution in [0.2, 0.25) is 0 Å². The summed E-state index contributed by atoms with van der Waals surface area (Å²) in [5, 5.41) is 2.87. The molecule has 2 aliphatic rings. The molecule has 28 heavy (non-hydrogen) atoms. The van der Waals surface area contributed by atoms with Gasteiger partial charge in [0.05, 0.1) is 12.9 Å². The van der Waals surface area contributed by atoms with Crippen LogP contribution >= 0.6 is 0 Å². The topological polar surface area (TPSA) is 58.6 Å². The molecule has 0 bridgehead atoms. The molecule has 0 saturated heterocycles. The lowest BCUT2D eigenvalue weighted by Gasteiger charge is -2.22. The predicted molar refractivity (Wildman–Crippen MR) is 109 cm³/mol. The van der Waals surface area contributed by atoms with E-state index in [4.69, 9.17) is 4.74 Å². The largest absolute Gasteiger partial charge is 0.501 e. The second-order valence-electron chi connectivity index (χ2n) is 7.92. The van der Waals surface area contributed by atoms with Crippen LogP contribution < -0.4 is 5.32 Å². The maximum atomic E-state index is 12.5. The van der Waals surface area contributed by atoms with Crippen molar-refractivity contribution in [3.05, 3.63) is 59.9 Å². The van der Waals surface area contributed by atoms with E-state index >= 15 is 0 Å². The Labute approximate surface area is 167 Å². The molecule has 0 spiro atoms. The average molecular weight is 383 g/mol. The van der Waals surface area contributed by atoms with Crippen molar-refractivity contribution < 1.29 is 14.3 Å². The molecule has 1 atom stereocenters. The maximum absolute atomic E-state index is 12.5. The number of nitrogens with one attached hydrogen (secondary N) is 1. The molecule has 1 aromatic carbocycles. The van der Waals surface area contributed by atoms with Crippen LogP contribution in [0.1, 0.15) is 43.7 Å². The van der Waals surface area contributed by atoms with Gasteiger partial charge in [0.25, 0.3) is 0 Å². The Morgan fingerprint density at radius 1 is 1.18 bits per heavy atom. The van der Waals surface area contributed by atoms with E-state index in [0.29, 0.717) is 5.92 Å². The second kappa shape index (κ2) is 9.58. The molecule has 150 valence electrons. The molecule has 0 aliphatic heterocycles. The Balaban J connectivity index is 1.55. The Bertz CT molecular complexity index is 731. The molecule has 1 aromatic rings. The summed E-state index contributed by atoms with van der Waals surface area (Å²) >= 11 is 0. The van der Waals surface area contributed by atoms with Gasteiger partial charge >= 0.3 is 0 Å². The number of likely N-dealkylation sites (N-methyl/N-ethyl adjacent to an activating group) is 1. The van der Waals surface area contributed by atoms with Gasteiger partial charge in [-0.25, -0.2) is 0 Å². The van der Waals surface area contributed by atoms with Gasteiger partial charge in [0.1, 0.15) is 6.04 Å². The molecule has 0 radical (unpaired) electrons. The molecule has 2 saturated carbocycles. The third kappa shape index (κ3) is 6.25. The maximum Gasteiger partial charge on any atom is 0.249 e. The van der Waals surface area contributed by atoms with Gasteiger partial charge in [-0.3, -0.25) is 9.59 Å². The number of hydrogen-bond acceptors (Lipinski definition) is 3. The average Bonchev–Trinajstić information content (AvgIpc) is 3.59. The summed E-state index contributed by atoms with van der Waals surface area (Å²) in [7, 11) is 3.39. The molecular weight excluding hydrogens is 352 g/mol. The van der Waals surface area contributed by atoms with Crippen LogP contribution in [0.25, 0.3) is 0 Å². The highest BCUT2D eigenvalue weighted by molar-refractivity contribution is 5.88. The van der Waals surface area contributed by atoms with E-state index in [1.165, 1.54) is 30.6 Å². The lowest BCUT2D eigenvalue weighted by atomic mass is 10.1. The number of hydrogen-bond donors (Lipinski definition) is 1. The summed E-state index contributed by atoms with van der Waals surface area (Å²) < 4.78 is 5.69. The van der Waals surface area contributed by atoms with Gasteiger partial charge in [0, 0.05) is 20.5 Å². The van der Waals surface area contributed by atoms with Gasteiger partial charge in [0.2, 0.25) is 11.8 Å². The van der Waals surface area contributed by atoms with Crippen molar-refractivity contribution in [1.29, 1.82) is 0 Å². The number of nitrogens with zero attached hydrogens (tertiary/aromatic N) is 1. The quantitative estimate of drug-likeness (QED) is 0.497. The van der Waals surface area contributed by atoms with Crippen LogP contribution in [-0.2, 0) is 14.3 Å². The zero-order valence-corrected chi connectivity index (χ0v) is 16.8. The van der Waals surface area contributed by atoms with Gasteiger partial charge < -0.3 is 15.0 Å². The lowest BCUT2D eigenvalue weighted by molar-refractivity contribution is -0.134. The molecular formula is C23H30N2O3. The Morgan fingerprint density at radius 2 is 1.89 bits per heavy atom. The molecule has 2 aliphatic carbocycles.